The van der Waals surface area contributed by atoms with Gasteiger partial charge in [-0.1, -0.05) is 6.07 Å². The van der Waals surface area contributed by atoms with E-state index in [0.29, 0.717) is 24.3 Å². The van der Waals surface area contributed by atoms with Crippen LogP contribution in [0, 0.1) is 0 Å². The number of carbonyl (C=O) groups excluding carboxylic acids is 2. The lowest BCUT2D eigenvalue weighted by Crippen LogP contribution is -2.38. The average molecular weight is 234 g/mol. The van der Waals surface area contributed by atoms with Gasteiger partial charge in [-0.3, -0.25) is 0 Å². The Kier molecular flexibility index (Phi) is 2.99. The summed E-state index contributed by atoms with van der Waals surface area (Å²) in [4.78, 5) is 24.7. The van der Waals surface area contributed by atoms with Crippen LogP contribution in [-0.2, 0) is 11.3 Å². The molecule has 5 heteroatoms. The number of ether oxygens (including phenoxy) is 1. The number of methoxy groups -OCH3 is 1. The molecule has 17 heavy (non-hydrogen) atoms. The fourth-order valence-electron chi connectivity index (χ4n) is 1.80. The number of nitrogens with zero attached hydrogens (tertiary/aromatic N) is 1. The number of esters is 1. The second-order valence-corrected chi connectivity index (χ2v) is 3.81. The van der Waals surface area contributed by atoms with Crippen LogP contribution in [-0.4, -0.2) is 30.6 Å². The van der Waals surface area contributed by atoms with Crippen molar-refractivity contribution < 1.29 is 14.3 Å². The quantitative estimate of drug-likeness (QED) is 0.794. The van der Waals surface area contributed by atoms with Gasteiger partial charge in [0.15, 0.2) is 0 Å². The first-order valence-corrected chi connectivity index (χ1v) is 5.43. The van der Waals surface area contributed by atoms with Crippen molar-refractivity contribution in [2.75, 3.05) is 19.0 Å². The highest BCUT2D eigenvalue weighted by atomic mass is 16.5. The molecule has 0 fully saturated rings. The molecule has 0 atom stereocenters. The number of fused-ring (bicyclic) bond motifs is 1. The minimum Gasteiger partial charge on any atom is -0.465 e. The topological polar surface area (TPSA) is 58.6 Å². The predicted molar refractivity (Wildman–Crippen MR) is 62.9 cm³/mol. The van der Waals surface area contributed by atoms with Crippen molar-refractivity contribution in [3.8, 4) is 0 Å². The minimum atomic E-state index is -0.403. The Morgan fingerprint density at radius 1 is 1.53 bits per heavy atom. The number of carbonyl (C=O) groups is 2. The zero-order valence-electron chi connectivity index (χ0n) is 9.82. The summed E-state index contributed by atoms with van der Waals surface area (Å²) in [6.07, 6.45) is 0. The number of hydrogen-bond donors (Lipinski definition) is 1. The monoisotopic (exact) mass is 234 g/mol. The van der Waals surface area contributed by atoms with E-state index in [1.807, 2.05) is 13.0 Å². The number of nitrogens with one attached hydrogen (secondary N) is 1. The van der Waals surface area contributed by atoms with Crippen LogP contribution in [0.2, 0.25) is 0 Å². The molecule has 0 saturated carbocycles. The van der Waals surface area contributed by atoms with E-state index in [2.05, 4.69) is 10.1 Å². The Bertz CT molecular complexity index is 471. The van der Waals surface area contributed by atoms with E-state index in [1.165, 1.54) is 7.11 Å². The maximum atomic E-state index is 11.6. The van der Waals surface area contributed by atoms with Gasteiger partial charge in [-0.25, -0.2) is 9.59 Å². The number of benzene rings is 1. The van der Waals surface area contributed by atoms with E-state index in [-0.39, 0.29) is 6.03 Å². The summed E-state index contributed by atoms with van der Waals surface area (Å²) in [5.74, 6) is -0.403. The molecule has 0 aromatic heterocycles. The molecule has 0 saturated heterocycles. The summed E-state index contributed by atoms with van der Waals surface area (Å²) < 4.78 is 4.63. The summed E-state index contributed by atoms with van der Waals surface area (Å²) in [6.45, 7) is 3.15. The lowest BCUT2D eigenvalue weighted by molar-refractivity contribution is 0.0600. The van der Waals surface area contributed by atoms with Gasteiger partial charge in [0, 0.05) is 18.8 Å². The third-order valence-electron chi connectivity index (χ3n) is 2.80. The molecule has 1 aromatic rings. The van der Waals surface area contributed by atoms with Crippen molar-refractivity contribution in [3.63, 3.8) is 0 Å². The molecule has 1 heterocycles. The normalized spacial score (nSPS) is 14.0. The van der Waals surface area contributed by atoms with Crippen molar-refractivity contribution in [2.24, 2.45) is 0 Å². The molecule has 1 aromatic carbocycles. The molecule has 0 aliphatic carbocycles. The smallest absolute Gasteiger partial charge is 0.337 e. The van der Waals surface area contributed by atoms with Crippen LogP contribution < -0.4 is 5.32 Å². The fourth-order valence-corrected chi connectivity index (χ4v) is 1.80. The Morgan fingerprint density at radius 3 is 2.94 bits per heavy atom. The summed E-state index contributed by atoms with van der Waals surface area (Å²) in [7, 11) is 1.33. The van der Waals surface area contributed by atoms with Crippen molar-refractivity contribution >= 4 is 17.7 Å². The SMILES string of the molecule is CCN1Cc2ccc(C(=O)OC)cc2NC1=O. The van der Waals surface area contributed by atoms with E-state index in [9.17, 15) is 9.59 Å². The number of anilines is 1. The lowest BCUT2D eigenvalue weighted by atomic mass is 10.1. The molecule has 2 amide bonds. The number of hydrogen-bond acceptors (Lipinski definition) is 3. The largest absolute Gasteiger partial charge is 0.465 e. The first kappa shape index (κ1) is 11.4. The lowest BCUT2D eigenvalue weighted by Gasteiger charge is -2.28. The van der Waals surface area contributed by atoms with Gasteiger partial charge in [-0.15, -0.1) is 0 Å². The Labute approximate surface area is 99.4 Å². The molecule has 1 N–H and O–H groups in total. The van der Waals surface area contributed by atoms with Gasteiger partial charge >= 0.3 is 12.0 Å². The predicted octanol–water partition coefficient (Wildman–Crippen LogP) is 1.84. The summed E-state index contributed by atoms with van der Waals surface area (Å²) in [5.41, 5.74) is 2.12. The first-order valence-electron chi connectivity index (χ1n) is 5.43. The highest BCUT2D eigenvalue weighted by molar-refractivity contribution is 5.96. The van der Waals surface area contributed by atoms with E-state index in [1.54, 1.807) is 17.0 Å². The molecule has 0 spiro atoms. The van der Waals surface area contributed by atoms with Gasteiger partial charge in [0.1, 0.15) is 0 Å². The van der Waals surface area contributed by atoms with Crippen LogP contribution in [0.15, 0.2) is 18.2 Å². The van der Waals surface area contributed by atoms with Crippen molar-refractivity contribution in [2.45, 2.75) is 13.5 Å². The van der Waals surface area contributed by atoms with E-state index < -0.39 is 5.97 Å². The second-order valence-electron chi connectivity index (χ2n) is 3.81. The Hall–Kier alpha value is -2.04. The third kappa shape index (κ3) is 2.08. The standard InChI is InChI=1S/C12H14N2O3/c1-3-14-7-9-5-4-8(11(15)17-2)6-10(9)13-12(14)16/h4-6H,3,7H2,1-2H3,(H,13,16). The highest BCUT2D eigenvalue weighted by Gasteiger charge is 2.22. The average Bonchev–Trinajstić information content (AvgIpc) is 2.36. The molecule has 1 aliphatic heterocycles. The summed E-state index contributed by atoms with van der Waals surface area (Å²) in [6, 6.07) is 5.05. The van der Waals surface area contributed by atoms with Gasteiger partial charge in [0.25, 0.3) is 0 Å². The maximum absolute atomic E-state index is 11.6. The molecular weight excluding hydrogens is 220 g/mol. The van der Waals surface area contributed by atoms with Gasteiger partial charge in [0.05, 0.1) is 12.7 Å². The van der Waals surface area contributed by atoms with E-state index >= 15 is 0 Å². The molecular formula is C12H14N2O3. The second kappa shape index (κ2) is 4.45. The Balaban J connectivity index is 2.32. The number of urea groups is 1. The van der Waals surface area contributed by atoms with Crippen molar-refractivity contribution in [1.82, 2.24) is 4.90 Å². The summed E-state index contributed by atoms with van der Waals surface area (Å²) in [5, 5.41) is 2.76. The van der Waals surface area contributed by atoms with Crippen LogP contribution in [0.5, 0.6) is 0 Å². The zero-order valence-corrected chi connectivity index (χ0v) is 9.82. The first-order chi connectivity index (χ1) is 8.15. The van der Waals surface area contributed by atoms with Gasteiger partial charge in [-0.05, 0) is 24.6 Å². The van der Waals surface area contributed by atoms with Gasteiger partial charge < -0.3 is 15.0 Å². The molecule has 2 rings (SSSR count). The number of rotatable bonds is 2. The van der Waals surface area contributed by atoms with E-state index in [0.717, 1.165) is 5.56 Å². The van der Waals surface area contributed by atoms with Crippen LogP contribution in [0.1, 0.15) is 22.8 Å². The minimum absolute atomic E-state index is 0.137. The molecule has 0 unspecified atom stereocenters. The van der Waals surface area contributed by atoms with Gasteiger partial charge in [-0.2, -0.15) is 0 Å². The van der Waals surface area contributed by atoms with Crippen LogP contribution in [0.4, 0.5) is 10.5 Å². The maximum Gasteiger partial charge on any atom is 0.337 e. The Morgan fingerprint density at radius 2 is 2.29 bits per heavy atom. The number of amides is 2. The van der Waals surface area contributed by atoms with Crippen molar-refractivity contribution in [3.05, 3.63) is 29.3 Å². The van der Waals surface area contributed by atoms with Crippen LogP contribution in [0.3, 0.4) is 0 Å². The third-order valence-corrected chi connectivity index (χ3v) is 2.80. The van der Waals surface area contributed by atoms with Crippen molar-refractivity contribution in [1.29, 1.82) is 0 Å². The molecule has 1 aliphatic rings. The highest BCUT2D eigenvalue weighted by Crippen LogP contribution is 2.24. The van der Waals surface area contributed by atoms with E-state index in [4.69, 9.17) is 0 Å². The van der Waals surface area contributed by atoms with Gasteiger partial charge in [0.2, 0.25) is 0 Å². The molecule has 0 radical (unpaired) electrons. The van der Waals surface area contributed by atoms with Crippen LogP contribution in [0.25, 0.3) is 0 Å². The molecule has 5 nitrogen and oxygen atoms in total. The zero-order chi connectivity index (χ0) is 12.4. The molecule has 90 valence electrons. The van der Waals surface area contributed by atoms with Crippen LogP contribution >= 0.6 is 0 Å². The summed E-state index contributed by atoms with van der Waals surface area (Å²) >= 11 is 0. The molecule has 0 bridgehead atoms. The fraction of sp³-hybridized carbons (Fsp3) is 0.333.